The molecular formula is C14H20BrNO3. The van der Waals surface area contributed by atoms with Crippen molar-refractivity contribution in [1.82, 2.24) is 5.32 Å². The van der Waals surface area contributed by atoms with E-state index in [0.29, 0.717) is 31.2 Å². The number of halogens is 1. The normalized spacial score (nSPS) is 10.6. The van der Waals surface area contributed by atoms with E-state index in [1.165, 1.54) is 0 Å². The lowest BCUT2D eigenvalue weighted by Crippen LogP contribution is -2.26. The molecule has 0 atom stereocenters. The number of methoxy groups -OCH3 is 1. The van der Waals surface area contributed by atoms with Crippen LogP contribution in [0.2, 0.25) is 0 Å². The Hall–Kier alpha value is -1.07. The van der Waals surface area contributed by atoms with Gasteiger partial charge in [-0.2, -0.15) is 0 Å². The van der Waals surface area contributed by atoms with Gasteiger partial charge in [-0.1, -0.05) is 13.8 Å². The van der Waals surface area contributed by atoms with Crippen molar-refractivity contribution in [3.8, 4) is 5.75 Å². The van der Waals surface area contributed by atoms with Gasteiger partial charge in [-0.3, -0.25) is 4.79 Å². The van der Waals surface area contributed by atoms with E-state index < -0.39 is 0 Å². The van der Waals surface area contributed by atoms with Gasteiger partial charge < -0.3 is 14.8 Å². The number of carbonyl (C=O) groups excluding carboxylic acids is 1. The van der Waals surface area contributed by atoms with Crippen molar-refractivity contribution in [3.63, 3.8) is 0 Å². The zero-order valence-corrected chi connectivity index (χ0v) is 13.1. The minimum atomic E-state index is -0.117. The van der Waals surface area contributed by atoms with Gasteiger partial charge in [0.2, 0.25) is 0 Å². The summed E-state index contributed by atoms with van der Waals surface area (Å²) in [4.78, 5) is 11.8. The summed E-state index contributed by atoms with van der Waals surface area (Å²) in [6, 6.07) is 5.32. The quantitative estimate of drug-likeness (QED) is 0.782. The first-order chi connectivity index (χ1) is 9.04. The maximum Gasteiger partial charge on any atom is 0.251 e. The van der Waals surface area contributed by atoms with Crippen LogP contribution < -0.4 is 10.1 Å². The fourth-order valence-electron chi connectivity index (χ4n) is 1.38. The largest absolute Gasteiger partial charge is 0.492 e. The Bertz CT molecular complexity index is 421. The van der Waals surface area contributed by atoms with Gasteiger partial charge >= 0.3 is 0 Å². The first kappa shape index (κ1) is 16.0. The van der Waals surface area contributed by atoms with Crippen LogP contribution in [-0.4, -0.2) is 32.8 Å². The maximum absolute atomic E-state index is 11.8. The molecule has 1 N–H and O–H groups in total. The van der Waals surface area contributed by atoms with Gasteiger partial charge in [0, 0.05) is 19.2 Å². The number of benzene rings is 1. The van der Waals surface area contributed by atoms with Gasteiger partial charge in [0.15, 0.2) is 0 Å². The third-order valence-electron chi connectivity index (χ3n) is 2.36. The zero-order valence-electron chi connectivity index (χ0n) is 11.5. The van der Waals surface area contributed by atoms with Crippen molar-refractivity contribution >= 4 is 21.8 Å². The Labute approximate surface area is 122 Å². The van der Waals surface area contributed by atoms with Crippen LogP contribution in [0, 0.1) is 5.92 Å². The number of nitrogens with one attached hydrogen (secondary N) is 1. The van der Waals surface area contributed by atoms with Crippen molar-refractivity contribution in [1.29, 1.82) is 0 Å². The van der Waals surface area contributed by atoms with E-state index in [2.05, 4.69) is 35.1 Å². The van der Waals surface area contributed by atoms with Crippen molar-refractivity contribution in [3.05, 3.63) is 28.2 Å². The summed E-state index contributed by atoms with van der Waals surface area (Å²) >= 11 is 3.42. The summed E-state index contributed by atoms with van der Waals surface area (Å²) < 4.78 is 11.3. The highest BCUT2D eigenvalue weighted by molar-refractivity contribution is 9.10. The monoisotopic (exact) mass is 329 g/mol. The molecule has 1 aromatic rings. The number of hydrogen-bond acceptors (Lipinski definition) is 3. The summed E-state index contributed by atoms with van der Waals surface area (Å²) in [6.07, 6.45) is 0. The minimum Gasteiger partial charge on any atom is -0.492 e. The van der Waals surface area contributed by atoms with Gasteiger partial charge in [-0.25, -0.2) is 0 Å². The summed E-state index contributed by atoms with van der Waals surface area (Å²) in [7, 11) is 1.60. The molecule has 0 heterocycles. The van der Waals surface area contributed by atoms with Crippen molar-refractivity contribution in [2.24, 2.45) is 5.92 Å². The number of carbonyl (C=O) groups is 1. The molecule has 0 bridgehead atoms. The van der Waals surface area contributed by atoms with Crippen molar-refractivity contribution < 1.29 is 14.3 Å². The Morgan fingerprint density at radius 3 is 2.74 bits per heavy atom. The SMILES string of the molecule is COCCNC(=O)c1ccc(OCC(C)C)c(Br)c1. The van der Waals surface area contributed by atoms with Gasteiger partial charge in [-0.15, -0.1) is 0 Å². The number of hydrogen-bond donors (Lipinski definition) is 1. The number of amides is 1. The van der Waals surface area contributed by atoms with E-state index in [1.807, 2.05) is 0 Å². The third kappa shape index (κ3) is 5.61. The molecule has 0 aliphatic carbocycles. The number of rotatable bonds is 7. The van der Waals surface area contributed by atoms with E-state index in [0.717, 1.165) is 10.2 Å². The lowest BCUT2D eigenvalue weighted by molar-refractivity contribution is 0.0937. The first-order valence-electron chi connectivity index (χ1n) is 6.24. The van der Waals surface area contributed by atoms with Crippen LogP contribution in [0.4, 0.5) is 0 Å². The van der Waals surface area contributed by atoms with Crippen LogP contribution in [0.15, 0.2) is 22.7 Å². The van der Waals surface area contributed by atoms with Crippen LogP contribution in [0.5, 0.6) is 5.75 Å². The second-order valence-electron chi connectivity index (χ2n) is 4.60. The Kier molecular flexibility index (Phi) is 6.87. The second kappa shape index (κ2) is 8.17. The second-order valence-corrected chi connectivity index (χ2v) is 5.45. The van der Waals surface area contributed by atoms with E-state index >= 15 is 0 Å². The fourth-order valence-corrected chi connectivity index (χ4v) is 1.88. The smallest absolute Gasteiger partial charge is 0.251 e. The molecule has 0 saturated carbocycles. The van der Waals surface area contributed by atoms with E-state index in [1.54, 1.807) is 25.3 Å². The maximum atomic E-state index is 11.8. The molecule has 1 rings (SSSR count). The van der Waals surface area contributed by atoms with Gasteiger partial charge in [0.05, 0.1) is 17.7 Å². The lowest BCUT2D eigenvalue weighted by Gasteiger charge is -2.11. The van der Waals surface area contributed by atoms with Gasteiger partial charge in [-0.05, 0) is 40.0 Å². The predicted octanol–water partition coefficient (Wildman–Crippen LogP) is 2.86. The van der Waals surface area contributed by atoms with Crippen LogP contribution in [0.25, 0.3) is 0 Å². The molecule has 0 aliphatic rings. The van der Waals surface area contributed by atoms with Crippen molar-refractivity contribution in [2.75, 3.05) is 26.9 Å². The molecular weight excluding hydrogens is 310 g/mol. The fraction of sp³-hybridized carbons (Fsp3) is 0.500. The van der Waals surface area contributed by atoms with Crippen LogP contribution in [0.1, 0.15) is 24.2 Å². The number of ether oxygens (including phenoxy) is 2. The average molecular weight is 330 g/mol. The summed E-state index contributed by atoms with van der Waals surface area (Å²) in [6.45, 7) is 5.83. The molecule has 0 aliphatic heterocycles. The average Bonchev–Trinajstić information content (AvgIpc) is 2.37. The predicted molar refractivity (Wildman–Crippen MR) is 78.7 cm³/mol. The van der Waals surface area contributed by atoms with E-state index in [9.17, 15) is 4.79 Å². The molecule has 106 valence electrons. The first-order valence-corrected chi connectivity index (χ1v) is 7.03. The third-order valence-corrected chi connectivity index (χ3v) is 2.98. The van der Waals surface area contributed by atoms with Crippen molar-refractivity contribution in [2.45, 2.75) is 13.8 Å². The van der Waals surface area contributed by atoms with Gasteiger partial charge in [0.1, 0.15) is 5.75 Å². The molecule has 1 amide bonds. The van der Waals surface area contributed by atoms with E-state index in [4.69, 9.17) is 9.47 Å². The standard InChI is InChI=1S/C14H20BrNO3/c1-10(2)9-19-13-5-4-11(8-12(13)15)14(17)16-6-7-18-3/h4-5,8,10H,6-7,9H2,1-3H3,(H,16,17). The summed E-state index contributed by atoms with van der Waals surface area (Å²) in [5.74, 6) is 1.10. The van der Waals surface area contributed by atoms with Crippen LogP contribution >= 0.6 is 15.9 Å². The zero-order chi connectivity index (χ0) is 14.3. The molecule has 19 heavy (non-hydrogen) atoms. The van der Waals surface area contributed by atoms with Crippen LogP contribution in [0.3, 0.4) is 0 Å². The minimum absolute atomic E-state index is 0.117. The highest BCUT2D eigenvalue weighted by Gasteiger charge is 2.09. The molecule has 4 nitrogen and oxygen atoms in total. The molecule has 0 radical (unpaired) electrons. The lowest BCUT2D eigenvalue weighted by atomic mass is 10.2. The van der Waals surface area contributed by atoms with Crippen LogP contribution in [-0.2, 0) is 4.74 Å². The molecule has 5 heteroatoms. The molecule has 0 spiro atoms. The highest BCUT2D eigenvalue weighted by atomic mass is 79.9. The summed E-state index contributed by atoms with van der Waals surface area (Å²) in [5, 5.41) is 2.77. The Morgan fingerprint density at radius 1 is 1.42 bits per heavy atom. The highest BCUT2D eigenvalue weighted by Crippen LogP contribution is 2.26. The Balaban J connectivity index is 2.62. The molecule has 0 saturated heterocycles. The van der Waals surface area contributed by atoms with Gasteiger partial charge in [0.25, 0.3) is 5.91 Å². The topological polar surface area (TPSA) is 47.6 Å². The molecule has 1 aromatic carbocycles. The molecule has 0 unspecified atom stereocenters. The van der Waals surface area contributed by atoms with E-state index in [-0.39, 0.29) is 5.91 Å². The molecule has 0 fully saturated rings. The summed E-state index contributed by atoms with van der Waals surface area (Å²) in [5.41, 5.74) is 0.597. The molecule has 0 aromatic heterocycles. The Morgan fingerprint density at radius 2 is 2.16 bits per heavy atom.